The lowest BCUT2D eigenvalue weighted by molar-refractivity contribution is 0.0854. The Labute approximate surface area is 174 Å². The number of hydrogen-bond acceptors (Lipinski definition) is 4. The van der Waals surface area contributed by atoms with Crippen LogP contribution in [0.15, 0.2) is 57.9 Å². The predicted molar refractivity (Wildman–Crippen MR) is 114 cm³/mol. The molecule has 1 aromatic heterocycles. The summed E-state index contributed by atoms with van der Waals surface area (Å²) >= 11 is 6.12. The maximum absolute atomic E-state index is 12.9. The van der Waals surface area contributed by atoms with E-state index in [0.717, 1.165) is 36.9 Å². The minimum Gasteiger partial charge on any atom is -0.438 e. The summed E-state index contributed by atoms with van der Waals surface area (Å²) < 4.78 is 11.6. The highest BCUT2D eigenvalue weighted by atomic mass is 35.5. The van der Waals surface area contributed by atoms with Gasteiger partial charge in [0.05, 0.1) is 11.8 Å². The Morgan fingerprint density at radius 1 is 1.24 bits per heavy atom. The van der Waals surface area contributed by atoms with Gasteiger partial charge in [-0.05, 0) is 61.2 Å². The first kappa shape index (κ1) is 19.7. The molecule has 0 saturated carbocycles. The second kappa shape index (κ2) is 8.80. The van der Waals surface area contributed by atoms with Crippen molar-refractivity contribution in [1.29, 1.82) is 0 Å². The first-order chi connectivity index (χ1) is 14.1. The molecule has 3 aromatic rings. The number of carbonyl (C=O) groups excluding carboxylic acids is 1. The zero-order chi connectivity index (χ0) is 20.2. The highest BCUT2D eigenvalue weighted by Gasteiger charge is 2.18. The monoisotopic (exact) mass is 410 g/mol. The van der Waals surface area contributed by atoms with E-state index >= 15 is 0 Å². The highest BCUT2D eigenvalue weighted by molar-refractivity contribution is 6.31. The SMILES string of the molecule is CCc1cccc(N=c2oc3ccc(Cl)cc3cc2C(=O)NCC2CCCO2)c1. The molecule has 0 aliphatic carbocycles. The Bertz CT molecular complexity index is 1100. The summed E-state index contributed by atoms with van der Waals surface area (Å²) in [6.45, 7) is 3.31. The van der Waals surface area contributed by atoms with E-state index in [1.807, 2.05) is 24.3 Å². The van der Waals surface area contributed by atoms with Gasteiger partial charge in [0.2, 0.25) is 5.55 Å². The third-order valence-electron chi connectivity index (χ3n) is 5.02. The third-order valence-corrected chi connectivity index (χ3v) is 5.25. The lowest BCUT2D eigenvalue weighted by Gasteiger charge is -2.11. The van der Waals surface area contributed by atoms with Crippen LogP contribution in [0.2, 0.25) is 5.02 Å². The van der Waals surface area contributed by atoms with E-state index in [2.05, 4.69) is 17.2 Å². The van der Waals surface area contributed by atoms with E-state index in [-0.39, 0.29) is 17.6 Å². The molecule has 4 rings (SSSR count). The summed E-state index contributed by atoms with van der Waals surface area (Å²) in [6.07, 6.45) is 2.95. The van der Waals surface area contributed by atoms with E-state index in [0.29, 0.717) is 22.7 Å². The Morgan fingerprint density at radius 2 is 2.14 bits per heavy atom. The molecule has 0 radical (unpaired) electrons. The van der Waals surface area contributed by atoms with E-state index in [1.54, 1.807) is 24.3 Å². The van der Waals surface area contributed by atoms with Crippen LogP contribution in [0.5, 0.6) is 0 Å². The highest BCUT2D eigenvalue weighted by Crippen LogP contribution is 2.20. The molecular formula is C23H23ClN2O3. The summed E-state index contributed by atoms with van der Waals surface area (Å²) in [4.78, 5) is 17.6. The molecule has 1 unspecified atom stereocenters. The van der Waals surface area contributed by atoms with Gasteiger partial charge >= 0.3 is 0 Å². The van der Waals surface area contributed by atoms with Gasteiger partial charge in [0.1, 0.15) is 11.1 Å². The van der Waals surface area contributed by atoms with Crippen LogP contribution in [0, 0.1) is 0 Å². The van der Waals surface area contributed by atoms with Crippen molar-refractivity contribution in [2.75, 3.05) is 13.2 Å². The Morgan fingerprint density at radius 3 is 2.93 bits per heavy atom. The van der Waals surface area contributed by atoms with Crippen molar-refractivity contribution in [3.63, 3.8) is 0 Å². The molecule has 1 aliphatic heterocycles. The largest absolute Gasteiger partial charge is 0.438 e. The summed E-state index contributed by atoms with van der Waals surface area (Å²) in [5.41, 5.74) is 3.19. The smallest absolute Gasteiger partial charge is 0.256 e. The van der Waals surface area contributed by atoms with Crippen LogP contribution >= 0.6 is 11.6 Å². The molecule has 1 atom stereocenters. The number of nitrogens with one attached hydrogen (secondary N) is 1. The number of ether oxygens (including phenoxy) is 1. The van der Waals surface area contributed by atoms with E-state index in [9.17, 15) is 4.79 Å². The summed E-state index contributed by atoms with van der Waals surface area (Å²) in [7, 11) is 0. The van der Waals surface area contributed by atoms with Gasteiger partial charge in [0, 0.05) is 23.6 Å². The van der Waals surface area contributed by atoms with E-state index in [4.69, 9.17) is 20.8 Å². The minimum atomic E-state index is -0.239. The van der Waals surface area contributed by atoms with Gasteiger partial charge in [-0.15, -0.1) is 0 Å². The fourth-order valence-corrected chi connectivity index (χ4v) is 3.60. The van der Waals surface area contributed by atoms with Crippen molar-refractivity contribution in [2.24, 2.45) is 4.99 Å². The molecule has 1 saturated heterocycles. The molecule has 1 fully saturated rings. The number of fused-ring (bicyclic) bond motifs is 1. The standard InChI is InChI=1S/C23H23ClN2O3/c1-2-15-5-3-6-18(11-15)26-23-20(22(27)25-14-19-7-4-10-28-19)13-16-12-17(24)8-9-21(16)29-23/h3,5-6,8-9,11-13,19H,2,4,7,10,14H2,1H3,(H,25,27). The lowest BCUT2D eigenvalue weighted by Crippen LogP contribution is -2.34. The predicted octanol–water partition coefficient (Wildman–Crippen LogP) is 4.79. The molecule has 6 heteroatoms. The zero-order valence-electron chi connectivity index (χ0n) is 16.3. The number of amides is 1. The number of carbonyl (C=O) groups is 1. The normalized spacial score (nSPS) is 17.0. The number of hydrogen-bond donors (Lipinski definition) is 1. The minimum absolute atomic E-state index is 0.0624. The molecule has 0 bridgehead atoms. The molecule has 1 amide bonds. The Hall–Kier alpha value is -2.63. The van der Waals surface area contributed by atoms with Crippen molar-refractivity contribution >= 4 is 34.2 Å². The lowest BCUT2D eigenvalue weighted by atomic mass is 10.1. The van der Waals surface area contributed by atoms with Gasteiger partial charge in [-0.3, -0.25) is 4.79 Å². The molecule has 5 nitrogen and oxygen atoms in total. The summed E-state index contributed by atoms with van der Waals surface area (Å²) in [5, 5.41) is 4.29. The van der Waals surface area contributed by atoms with E-state index in [1.165, 1.54) is 5.56 Å². The molecule has 2 heterocycles. The van der Waals surface area contributed by atoms with Crippen LogP contribution in [-0.2, 0) is 11.2 Å². The van der Waals surface area contributed by atoms with Crippen molar-refractivity contribution in [3.8, 4) is 0 Å². The topological polar surface area (TPSA) is 63.8 Å². The summed E-state index contributed by atoms with van der Waals surface area (Å²) in [6, 6.07) is 15.0. The van der Waals surface area contributed by atoms with Crippen molar-refractivity contribution < 1.29 is 13.9 Å². The number of benzene rings is 2. The average molecular weight is 411 g/mol. The van der Waals surface area contributed by atoms with Crippen LogP contribution < -0.4 is 10.9 Å². The summed E-state index contributed by atoms with van der Waals surface area (Å²) in [5.74, 6) is -0.239. The first-order valence-corrected chi connectivity index (χ1v) is 10.3. The third kappa shape index (κ3) is 4.69. The molecule has 1 aliphatic rings. The van der Waals surface area contributed by atoms with Crippen LogP contribution in [0.25, 0.3) is 11.0 Å². The molecule has 150 valence electrons. The number of nitrogens with zero attached hydrogens (tertiary/aromatic N) is 1. The second-order valence-corrected chi connectivity index (χ2v) is 7.56. The van der Waals surface area contributed by atoms with Crippen molar-refractivity contribution in [1.82, 2.24) is 5.32 Å². The molecule has 1 N–H and O–H groups in total. The molecule has 29 heavy (non-hydrogen) atoms. The van der Waals surface area contributed by atoms with Gasteiger partial charge < -0.3 is 14.5 Å². The number of halogens is 1. The van der Waals surface area contributed by atoms with Gasteiger partial charge in [-0.25, -0.2) is 4.99 Å². The van der Waals surface area contributed by atoms with Crippen molar-refractivity contribution in [2.45, 2.75) is 32.3 Å². The van der Waals surface area contributed by atoms with Crippen LogP contribution in [0.3, 0.4) is 0 Å². The number of rotatable bonds is 5. The number of aryl methyl sites for hydroxylation is 1. The first-order valence-electron chi connectivity index (χ1n) is 9.89. The van der Waals surface area contributed by atoms with Crippen LogP contribution in [0.4, 0.5) is 5.69 Å². The second-order valence-electron chi connectivity index (χ2n) is 7.13. The Balaban J connectivity index is 1.75. The fraction of sp³-hybridized carbons (Fsp3) is 0.304. The van der Waals surface area contributed by atoms with Crippen molar-refractivity contribution in [3.05, 3.63) is 70.2 Å². The Kier molecular flexibility index (Phi) is 5.97. The maximum Gasteiger partial charge on any atom is 0.256 e. The fourth-order valence-electron chi connectivity index (χ4n) is 3.42. The molecular weight excluding hydrogens is 388 g/mol. The van der Waals surface area contributed by atoms with Gasteiger partial charge in [-0.1, -0.05) is 30.7 Å². The quantitative estimate of drug-likeness (QED) is 0.657. The maximum atomic E-state index is 12.9. The van der Waals surface area contributed by atoms with Gasteiger partial charge in [0.25, 0.3) is 5.91 Å². The van der Waals surface area contributed by atoms with Crippen LogP contribution in [-0.4, -0.2) is 25.2 Å². The molecule has 0 spiro atoms. The van der Waals surface area contributed by atoms with Gasteiger partial charge in [-0.2, -0.15) is 0 Å². The van der Waals surface area contributed by atoms with E-state index < -0.39 is 0 Å². The van der Waals surface area contributed by atoms with Gasteiger partial charge in [0.15, 0.2) is 0 Å². The van der Waals surface area contributed by atoms with Crippen LogP contribution in [0.1, 0.15) is 35.7 Å². The zero-order valence-corrected chi connectivity index (χ0v) is 17.0. The average Bonchev–Trinajstić information content (AvgIpc) is 3.25. The molecule has 2 aromatic carbocycles.